The number of Topliss-reactive ketones (excluding diaryl/α,β-unsaturated/α-hetero) is 1. The lowest BCUT2D eigenvalue weighted by molar-refractivity contribution is -0.132. The van der Waals surface area contributed by atoms with E-state index >= 15 is 0 Å². The van der Waals surface area contributed by atoms with Crippen LogP contribution >= 0.6 is 11.3 Å². The molecule has 1 fully saturated rings. The van der Waals surface area contributed by atoms with Crippen LogP contribution in [0.25, 0.3) is 16.0 Å². The Hall–Kier alpha value is -4.17. The van der Waals surface area contributed by atoms with Gasteiger partial charge in [0.1, 0.15) is 17.3 Å². The Kier molecular flexibility index (Phi) is 8.40. The minimum atomic E-state index is -0.865. The Morgan fingerprint density at radius 1 is 0.951 bits per heavy atom. The molecule has 0 radical (unpaired) electrons. The molecule has 1 saturated heterocycles. The van der Waals surface area contributed by atoms with Crippen LogP contribution in [0.3, 0.4) is 0 Å². The zero-order valence-corrected chi connectivity index (χ0v) is 24.6. The topological polar surface area (TPSA) is 89.0 Å². The zero-order chi connectivity index (χ0) is 29.1. The van der Waals surface area contributed by atoms with Crippen LogP contribution < -0.4 is 14.4 Å². The molecule has 41 heavy (non-hydrogen) atoms. The van der Waals surface area contributed by atoms with Gasteiger partial charge in [0.05, 0.1) is 35.0 Å². The van der Waals surface area contributed by atoms with E-state index in [4.69, 9.17) is 14.5 Å². The van der Waals surface area contributed by atoms with E-state index in [0.29, 0.717) is 46.5 Å². The summed E-state index contributed by atoms with van der Waals surface area (Å²) in [5.74, 6) is -0.261. The Morgan fingerprint density at radius 3 is 2.44 bits per heavy atom. The summed E-state index contributed by atoms with van der Waals surface area (Å²) >= 11 is 1.31. The van der Waals surface area contributed by atoms with Gasteiger partial charge < -0.3 is 14.6 Å². The molecule has 3 aromatic carbocycles. The van der Waals surface area contributed by atoms with Crippen molar-refractivity contribution < 1.29 is 24.2 Å². The number of nitrogens with zero attached hydrogens (tertiary/aromatic N) is 2. The number of hydrogen-bond acceptors (Lipinski definition) is 7. The number of benzene rings is 3. The SMILES string of the molecule is CCCCCOc1ccc(C2/C(=C(\O)c3cc(C)ccc3C)C(=O)C(=O)N2c2nc3ccc(OCC)cc3s2)cc1. The number of aliphatic hydroxyl groups is 1. The minimum absolute atomic E-state index is 0.0366. The summed E-state index contributed by atoms with van der Waals surface area (Å²) in [4.78, 5) is 33.4. The van der Waals surface area contributed by atoms with Crippen LogP contribution in [0.15, 0.2) is 66.2 Å². The number of ether oxygens (including phenoxy) is 2. The monoisotopic (exact) mass is 570 g/mol. The van der Waals surface area contributed by atoms with Crippen LogP contribution in [0.2, 0.25) is 0 Å². The Bertz CT molecular complexity index is 1620. The van der Waals surface area contributed by atoms with E-state index in [1.165, 1.54) is 16.2 Å². The molecule has 212 valence electrons. The van der Waals surface area contributed by atoms with Gasteiger partial charge in [-0.05, 0) is 74.7 Å². The number of hydrogen-bond donors (Lipinski definition) is 1. The highest BCUT2D eigenvalue weighted by Gasteiger charge is 2.48. The maximum atomic E-state index is 13.7. The van der Waals surface area contributed by atoms with Gasteiger partial charge in [-0.15, -0.1) is 0 Å². The van der Waals surface area contributed by atoms with E-state index in [0.717, 1.165) is 35.1 Å². The Labute approximate surface area is 244 Å². The van der Waals surface area contributed by atoms with Crippen LogP contribution in [-0.2, 0) is 9.59 Å². The third-order valence-electron chi connectivity index (χ3n) is 7.17. The zero-order valence-electron chi connectivity index (χ0n) is 23.8. The average Bonchev–Trinajstić information content (AvgIpc) is 3.50. The Morgan fingerprint density at radius 2 is 1.71 bits per heavy atom. The normalized spacial score (nSPS) is 16.5. The number of aromatic nitrogens is 1. The number of unbranched alkanes of at least 4 members (excludes halogenated alkanes) is 2. The molecule has 1 aliphatic rings. The van der Waals surface area contributed by atoms with Crippen molar-refractivity contribution in [2.24, 2.45) is 0 Å². The second-order valence-corrected chi connectivity index (χ2v) is 11.2. The molecule has 5 rings (SSSR count). The summed E-state index contributed by atoms with van der Waals surface area (Å²) in [5.41, 5.74) is 3.66. The van der Waals surface area contributed by atoms with E-state index in [1.807, 2.05) is 81.4 Å². The van der Waals surface area contributed by atoms with E-state index in [2.05, 4.69) is 6.92 Å². The molecule has 1 N–H and O–H groups in total. The van der Waals surface area contributed by atoms with Crippen LogP contribution in [-0.4, -0.2) is 35.0 Å². The summed E-state index contributed by atoms with van der Waals surface area (Å²) in [6, 6.07) is 17.7. The molecule has 1 aliphatic heterocycles. The second-order valence-electron chi connectivity index (χ2n) is 10.2. The molecule has 1 amide bonds. The van der Waals surface area contributed by atoms with Crippen molar-refractivity contribution in [2.75, 3.05) is 18.1 Å². The summed E-state index contributed by atoms with van der Waals surface area (Å²) in [5, 5.41) is 12.0. The number of carbonyl (C=O) groups excluding carboxylic acids is 2. The quantitative estimate of drug-likeness (QED) is 0.0919. The van der Waals surface area contributed by atoms with Crippen molar-refractivity contribution in [3.05, 3.63) is 88.5 Å². The molecule has 1 atom stereocenters. The van der Waals surface area contributed by atoms with Crippen molar-refractivity contribution in [3.8, 4) is 11.5 Å². The molecule has 0 bridgehead atoms. The third kappa shape index (κ3) is 5.70. The molecule has 0 saturated carbocycles. The van der Waals surface area contributed by atoms with Gasteiger partial charge in [0.2, 0.25) is 0 Å². The van der Waals surface area contributed by atoms with Crippen molar-refractivity contribution >= 4 is 44.1 Å². The van der Waals surface area contributed by atoms with E-state index in [-0.39, 0.29) is 11.3 Å². The van der Waals surface area contributed by atoms with Gasteiger partial charge in [-0.25, -0.2) is 4.98 Å². The summed E-state index contributed by atoms with van der Waals surface area (Å²) in [7, 11) is 0. The third-order valence-corrected chi connectivity index (χ3v) is 8.19. The molecule has 0 spiro atoms. The maximum absolute atomic E-state index is 13.7. The van der Waals surface area contributed by atoms with Crippen LogP contribution in [0.4, 0.5) is 5.13 Å². The van der Waals surface area contributed by atoms with Gasteiger partial charge in [-0.3, -0.25) is 14.5 Å². The molecule has 7 nitrogen and oxygen atoms in total. The molecule has 0 aliphatic carbocycles. The lowest BCUT2D eigenvalue weighted by Gasteiger charge is -2.23. The molecular formula is C33H34N2O5S. The fraction of sp³-hybridized carbons (Fsp3) is 0.303. The maximum Gasteiger partial charge on any atom is 0.301 e. The molecule has 1 aromatic heterocycles. The average molecular weight is 571 g/mol. The predicted octanol–water partition coefficient (Wildman–Crippen LogP) is 7.51. The molecule has 1 unspecified atom stereocenters. The minimum Gasteiger partial charge on any atom is -0.507 e. The molecular weight excluding hydrogens is 536 g/mol. The summed E-state index contributed by atoms with van der Waals surface area (Å²) in [6.45, 7) is 9.00. The number of anilines is 1. The smallest absolute Gasteiger partial charge is 0.301 e. The van der Waals surface area contributed by atoms with Crippen molar-refractivity contribution in [1.29, 1.82) is 0 Å². The number of thiazole rings is 1. The fourth-order valence-electron chi connectivity index (χ4n) is 5.02. The first-order chi connectivity index (χ1) is 19.8. The number of rotatable bonds is 10. The highest BCUT2D eigenvalue weighted by Crippen LogP contribution is 2.45. The van der Waals surface area contributed by atoms with Crippen molar-refractivity contribution in [1.82, 2.24) is 4.98 Å². The number of carbonyl (C=O) groups is 2. The molecule has 4 aromatic rings. The number of fused-ring (bicyclic) bond motifs is 1. The van der Waals surface area contributed by atoms with E-state index in [1.54, 1.807) is 0 Å². The summed E-state index contributed by atoms with van der Waals surface area (Å²) in [6.07, 6.45) is 3.18. The largest absolute Gasteiger partial charge is 0.507 e. The van der Waals surface area contributed by atoms with Gasteiger partial charge in [0.15, 0.2) is 5.13 Å². The first-order valence-electron chi connectivity index (χ1n) is 14.0. The molecule has 8 heteroatoms. The second kappa shape index (κ2) is 12.1. The van der Waals surface area contributed by atoms with Crippen LogP contribution in [0, 0.1) is 13.8 Å². The van der Waals surface area contributed by atoms with E-state index in [9.17, 15) is 14.7 Å². The van der Waals surface area contributed by atoms with Gasteiger partial charge in [-0.2, -0.15) is 0 Å². The highest BCUT2D eigenvalue weighted by molar-refractivity contribution is 7.22. The molecule has 2 heterocycles. The van der Waals surface area contributed by atoms with Crippen molar-refractivity contribution in [3.63, 3.8) is 0 Å². The van der Waals surface area contributed by atoms with Crippen LogP contribution in [0.5, 0.6) is 11.5 Å². The van der Waals surface area contributed by atoms with Crippen molar-refractivity contribution in [2.45, 2.75) is 53.0 Å². The van der Waals surface area contributed by atoms with Gasteiger partial charge in [-0.1, -0.05) is 60.9 Å². The Balaban J connectivity index is 1.62. The summed E-state index contributed by atoms with van der Waals surface area (Å²) < 4.78 is 12.4. The number of ketones is 1. The lowest BCUT2D eigenvalue weighted by atomic mass is 9.93. The number of aliphatic hydroxyl groups excluding tert-OH is 1. The van der Waals surface area contributed by atoms with Gasteiger partial charge in [0.25, 0.3) is 5.78 Å². The highest BCUT2D eigenvalue weighted by atomic mass is 32.1. The van der Waals surface area contributed by atoms with Gasteiger partial charge in [0, 0.05) is 5.56 Å². The predicted molar refractivity (Wildman–Crippen MR) is 163 cm³/mol. The van der Waals surface area contributed by atoms with E-state index < -0.39 is 17.7 Å². The fourth-order valence-corrected chi connectivity index (χ4v) is 6.04. The first kappa shape index (κ1) is 28.4. The number of amides is 1. The van der Waals surface area contributed by atoms with Gasteiger partial charge >= 0.3 is 5.91 Å². The number of aryl methyl sites for hydroxylation is 2. The van der Waals surface area contributed by atoms with Crippen LogP contribution in [0.1, 0.15) is 61.4 Å². The first-order valence-corrected chi connectivity index (χ1v) is 14.8. The standard InChI is InChI=1S/C33H34N2O5S/c1-5-7-8-17-40-23-13-11-22(12-14-23)29-28(30(36)25-18-20(3)9-10-21(25)4)31(37)32(38)35(29)33-34-26-16-15-24(39-6-2)19-27(26)41-33/h9-16,18-19,29,36H,5-8,17H2,1-4H3/b30-28+. The lowest BCUT2D eigenvalue weighted by Crippen LogP contribution is -2.29.